The van der Waals surface area contributed by atoms with Gasteiger partial charge in [0.2, 0.25) is 15.9 Å². The van der Waals surface area contributed by atoms with Gasteiger partial charge in [-0.15, -0.1) is 0 Å². The predicted molar refractivity (Wildman–Crippen MR) is 75.3 cm³/mol. The Morgan fingerprint density at radius 2 is 2.14 bits per heavy atom. The minimum absolute atomic E-state index is 0.0249. The van der Waals surface area contributed by atoms with Gasteiger partial charge in [0.25, 0.3) is 0 Å². The fourth-order valence-corrected chi connectivity index (χ4v) is 3.14. The summed E-state index contributed by atoms with van der Waals surface area (Å²) < 4.78 is 50.6. The highest BCUT2D eigenvalue weighted by molar-refractivity contribution is 7.88. The fourth-order valence-electron chi connectivity index (χ4n) is 1.77. The Labute approximate surface area is 127 Å². The Kier molecular flexibility index (Phi) is 6.39. The zero-order chi connectivity index (χ0) is 16.8. The highest BCUT2D eigenvalue weighted by Gasteiger charge is 2.24. The third-order valence-electron chi connectivity index (χ3n) is 2.77. The Hall–Kier alpha value is -2.05. The predicted octanol–water partition coefficient (Wildman–Crippen LogP) is 0.807. The van der Waals surface area contributed by atoms with Crippen molar-refractivity contribution in [1.82, 2.24) is 4.31 Å². The maximum absolute atomic E-state index is 13.3. The lowest BCUT2D eigenvalue weighted by atomic mass is 10.1. The van der Waals surface area contributed by atoms with Gasteiger partial charge in [0.05, 0.1) is 18.4 Å². The van der Waals surface area contributed by atoms with Crippen LogP contribution in [0.1, 0.15) is 17.3 Å². The molecule has 0 heterocycles. The van der Waals surface area contributed by atoms with E-state index >= 15 is 0 Å². The van der Waals surface area contributed by atoms with Gasteiger partial charge >= 0.3 is 0 Å². The lowest BCUT2D eigenvalue weighted by Gasteiger charge is -2.18. The maximum atomic E-state index is 13.3. The number of primary amides is 1. The van der Waals surface area contributed by atoms with Crippen LogP contribution < -0.4 is 5.73 Å². The molecule has 9 heteroatoms. The topological polar surface area (TPSA) is 104 Å². The minimum atomic E-state index is -3.99. The first-order valence-corrected chi connectivity index (χ1v) is 7.83. The zero-order valence-electron chi connectivity index (χ0n) is 11.6. The summed E-state index contributed by atoms with van der Waals surface area (Å²) in [6.07, 6.45) is -1.83. The molecule has 1 atom stereocenters. The molecule has 2 N–H and O–H groups in total. The number of halogens is 2. The fraction of sp³-hybridized carbons (Fsp3) is 0.385. The number of nitrogens with two attached hydrogens (primary N) is 1. The molecule has 0 bridgehead atoms. The Morgan fingerprint density at radius 3 is 2.68 bits per heavy atom. The summed E-state index contributed by atoms with van der Waals surface area (Å²) in [6.45, 7) is -2.36. The summed E-state index contributed by atoms with van der Waals surface area (Å²) in [5.74, 6) is -1.44. The number of hydrogen-bond acceptors (Lipinski definition) is 4. The molecule has 0 aliphatic carbocycles. The molecule has 0 fully saturated rings. The normalized spacial score (nSPS) is 12.8. The standard InChI is InChI=1S/C13H15F2N3O3S/c14-7-12(15)11-3-1-2-10(6-11)9-22(20,21)18(5-4-16)8-13(17)19/h1-3,6,12H,5,7-9H2,(H2,17,19). The number of carbonyl (C=O) groups is 1. The van der Waals surface area contributed by atoms with Crippen molar-refractivity contribution >= 4 is 15.9 Å². The number of amides is 1. The van der Waals surface area contributed by atoms with Crippen LogP contribution in [0.2, 0.25) is 0 Å². The van der Waals surface area contributed by atoms with E-state index in [2.05, 4.69) is 0 Å². The molecule has 6 nitrogen and oxygen atoms in total. The van der Waals surface area contributed by atoms with Gasteiger partial charge in [-0.25, -0.2) is 17.2 Å². The molecule has 1 aromatic rings. The van der Waals surface area contributed by atoms with Crippen LogP contribution in [0, 0.1) is 11.3 Å². The van der Waals surface area contributed by atoms with Crippen molar-refractivity contribution in [3.8, 4) is 6.07 Å². The number of rotatable bonds is 8. The van der Waals surface area contributed by atoms with Crippen molar-refractivity contribution in [2.75, 3.05) is 19.8 Å². The molecule has 0 radical (unpaired) electrons. The quantitative estimate of drug-likeness (QED) is 0.712. The molecule has 0 aromatic heterocycles. The highest BCUT2D eigenvalue weighted by atomic mass is 32.2. The molecule has 1 aromatic carbocycles. The molecule has 22 heavy (non-hydrogen) atoms. The summed E-state index contributed by atoms with van der Waals surface area (Å²) in [4.78, 5) is 10.9. The van der Waals surface area contributed by atoms with Crippen molar-refractivity contribution < 1.29 is 22.0 Å². The molecule has 1 amide bonds. The lowest BCUT2D eigenvalue weighted by molar-refractivity contribution is -0.118. The van der Waals surface area contributed by atoms with Crippen molar-refractivity contribution in [3.05, 3.63) is 35.4 Å². The molecular formula is C13H15F2N3O3S. The third-order valence-corrected chi connectivity index (χ3v) is 4.51. The first-order valence-electron chi connectivity index (χ1n) is 6.22. The summed E-state index contributed by atoms with van der Waals surface area (Å²) >= 11 is 0. The van der Waals surface area contributed by atoms with E-state index in [0.29, 0.717) is 4.31 Å². The molecule has 0 saturated heterocycles. The molecule has 0 aliphatic rings. The van der Waals surface area contributed by atoms with Gasteiger partial charge in [-0.2, -0.15) is 9.57 Å². The van der Waals surface area contributed by atoms with E-state index in [1.807, 2.05) is 0 Å². The summed E-state index contributed by atoms with van der Waals surface area (Å²) in [7, 11) is -3.99. The molecule has 0 aliphatic heterocycles. The average Bonchev–Trinajstić information content (AvgIpc) is 2.45. The minimum Gasteiger partial charge on any atom is -0.369 e. The van der Waals surface area contributed by atoms with Gasteiger partial charge in [-0.05, 0) is 11.1 Å². The summed E-state index contributed by atoms with van der Waals surface area (Å²) in [6, 6.07) is 7.05. The summed E-state index contributed by atoms with van der Waals surface area (Å²) in [5, 5.41) is 8.63. The number of sulfonamides is 1. The Balaban J connectivity index is 3.00. The number of benzene rings is 1. The van der Waals surface area contributed by atoms with Gasteiger partial charge in [0.1, 0.15) is 13.2 Å². The van der Waals surface area contributed by atoms with Crippen molar-refractivity contribution in [2.45, 2.75) is 11.9 Å². The van der Waals surface area contributed by atoms with E-state index in [1.165, 1.54) is 24.3 Å². The third kappa shape index (κ3) is 5.05. The SMILES string of the molecule is N#CCN(CC(N)=O)S(=O)(=O)Cc1cccc(C(F)CF)c1. The van der Waals surface area contributed by atoms with Gasteiger partial charge < -0.3 is 5.73 Å². The second kappa shape index (κ2) is 7.82. The van der Waals surface area contributed by atoms with Crippen LogP contribution in [0.4, 0.5) is 8.78 Å². The Bertz CT molecular complexity index is 673. The summed E-state index contributed by atoms with van der Waals surface area (Å²) in [5.41, 5.74) is 5.20. The van der Waals surface area contributed by atoms with Gasteiger partial charge in [-0.3, -0.25) is 4.79 Å². The van der Waals surface area contributed by atoms with Crippen LogP contribution in [0.25, 0.3) is 0 Å². The second-order valence-corrected chi connectivity index (χ2v) is 6.48. The monoisotopic (exact) mass is 331 g/mol. The van der Waals surface area contributed by atoms with E-state index in [0.717, 1.165) is 0 Å². The zero-order valence-corrected chi connectivity index (χ0v) is 12.4. The number of nitrogens with zero attached hydrogens (tertiary/aromatic N) is 2. The highest BCUT2D eigenvalue weighted by Crippen LogP contribution is 2.20. The molecule has 0 spiro atoms. The van der Waals surface area contributed by atoms with Crippen LogP contribution in [0.3, 0.4) is 0 Å². The van der Waals surface area contributed by atoms with E-state index < -0.39 is 47.6 Å². The van der Waals surface area contributed by atoms with Crippen LogP contribution in [-0.4, -0.2) is 38.4 Å². The first-order chi connectivity index (χ1) is 10.3. The molecule has 1 rings (SSSR count). The van der Waals surface area contributed by atoms with E-state index in [9.17, 15) is 22.0 Å². The lowest BCUT2D eigenvalue weighted by Crippen LogP contribution is -2.39. The maximum Gasteiger partial charge on any atom is 0.232 e. The Morgan fingerprint density at radius 1 is 1.45 bits per heavy atom. The van der Waals surface area contributed by atoms with Gasteiger partial charge in [0.15, 0.2) is 6.17 Å². The van der Waals surface area contributed by atoms with E-state index in [4.69, 9.17) is 11.0 Å². The van der Waals surface area contributed by atoms with Crippen LogP contribution in [0.5, 0.6) is 0 Å². The largest absolute Gasteiger partial charge is 0.369 e. The van der Waals surface area contributed by atoms with Crippen molar-refractivity contribution in [2.24, 2.45) is 5.73 Å². The first kappa shape index (κ1) is 18.0. The molecular weight excluding hydrogens is 316 g/mol. The van der Waals surface area contributed by atoms with Gasteiger partial charge in [0, 0.05) is 0 Å². The second-order valence-electron chi connectivity index (χ2n) is 4.52. The number of carbonyl (C=O) groups excluding carboxylic acids is 1. The van der Waals surface area contributed by atoms with Gasteiger partial charge in [-0.1, -0.05) is 24.3 Å². The number of hydrogen-bond donors (Lipinski definition) is 1. The van der Waals surface area contributed by atoms with E-state index in [1.54, 1.807) is 6.07 Å². The van der Waals surface area contributed by atoms with E-state index in [-0.39, 0.29) is 11.1 Å². The number of nitriles is 1. The molecule has 1 unspecified atom stereocenters. The van der Waals surface area contributed by atoms with Crippen molar-refractivity contribution in [1.29, 1.82) is 5.26 Å². The van der Waals surface area contributed by atoms with Crippen LogP contribution in [-0.2, 0) is 20.6 Å². The van der Waals surface area contributed by atoms with Crippen molar-refractivity contribution in [3.63, 3.8) is 0 Å². The van der Waals surface area contributed by atoms with Crippen LogP contribution in [0.15, 0.2) is 24.3 Å². The van der Waals surface area contributed by atoms with Crippen LogP contribution >= 0.6 is 0 Å². The average molecular weight is 331 g/mol. The molecule has 120 valence electrons. The smallest absolute Gasteiger partial charge is 0.232 e. The molecule has 0 saturated carbocycles. The number of alkyl halides is 2.